The van der Waals surface area contributed by atoms with Gasteiger partial charge in [0, 0.05) is 38.0 Å². The van der Waals surface area contributed by atoms with E-state index in [1.54, 1.807) is 17.9 Å². The summed E-state index contributed by atoms with van der Waals surface area (Å²) in [6.07, 6.45) is 1.98. The number of methoxy groups -OCH3 is 1. The number of aryl methyl sites for hydroxylation is 2. The van der Waals surface area contributed by atoms with Crippen molar-refractivity contribution >= 4 is 17.3 Å². The normalized spacial score (nSPS) is 10.3. The molecular formula is C15H20N4O2. The fourth-order valence-corrected chi connectivity index (χ4v) is 2.14. The number of rotatable bonds is 5. The van der Waals surface area contributed by atoms with Gasteiger partial charge in [-0.15, -0.1) is 0 Å². The monoisotopic (exact) mass is 288 g/mol. The number of carbonyl (C=O) groups is 1. The molecule has 2 N–H and O–H groups in total. The smallest absolute Gasteiger partial charge is 0.221 e. The molecule has 2 rings (SSSR count). The zero-order chi connectivity index (χ0) is 15.4. The van der Waals surface area contributed by atoms with E-state index in [2.05, 4.69) is 15.7 Å². The van der Waals surface area contributed by atoms with E-state index in [0.717, 1.165) is 28.4 Å². The van der Waals surface area contributed by atoms with Crippen molar-refractivity contribution in [3.8, 4) is 5.75 Å². The molecule has 0 unspecified atom stereocenters. The minimum absolute atomic E-state index is 0.103. The molecule has 1 aromatic heterocycles. The number of hydrogen-bond acceptors (Lipinski definition) is 4. The van der Waals surface area contributed by atoms with Crippen LogP contribution in [0.3, 0.4) is 0 Å². The SMILES string of the molecule is COc1ccc(NC(C)=O)cc1NCc1cn(C)nc1C. The highest BCUT2D eigenvalue weighted by Gasteiger charge is 2.07. The Morgan fingerprint density at radius 1 is 1.43 bits per heavy atom. The van der Waals surface area contributed by atoms with Gasteiger partial charge >= 0.3 is 0 Å². The summed E-state index contributed by atoms with van der Waals surface area (Å²) >= 11 is 0. The highest BCUT2D eigenvalue weighted by Crippen LogP contribution is 2.28. The van der Waals surface area contributed by atoms with Crippen LogP contribution in [0.2, 0.25) is 0 Å². The average Bonchev–Trinajstić information content (AvgIpc) is 2.74. The summed E-state index contributed by atoms with van der Waals surface area (Å²) in [7, 11) is 3.52. The third-order valence-electron chi connectivity index (χ3n) is 3.10. The number of nitrogens with one attached hydrogen (secondary N) is 2. The van der Waals surface area contributed by atoms with E-state index in [4.69, 9.17) is 4.74 Å². The quantitative estimate of drug-likeness (QED) is 0.886. The Hall–Kier alpha value is -2.50. The summed E-state index contributed by atoms with van der Waals surface area (Å²) in [5.41, 5.74) is 3.66. The molecule has 1 amide bonds. The van der Waals surface area contributed by atoms with Crippen LogP contribution in [0.15, 0.2) is 24.4 Å². The van der Waals surface area contributed by atoms with Gasteiger partial charge in [0.1, 0.15) is 5.75 Å². The molecule has 2 aromatic rings. The highest BCUT2D eigenvalue weighted by molar-refractivity contribution is 5.89. The van der Waals surface area contributed by atoms with E-state index in [-0.39, 0.29) is 5.91 Å². The number of nitrogens with zero attached hydrogens (tertiary/aromatic N) is 2. The first-order chi connectivity index (χ1) is 9.99. The molecule has 0 radical (unpaired) electrons. The summed E-state index contributed by atoms with van der Waals surface area (Å²) in [6.45, 7) is 4.10. The Balaban J connectivity index is 2.17. The largest absolute Gasteiger partial charge is 0.495 e. The molecule has 112 valence electrons. The van der Waals surface area contributed by atoms with E-state index in [1.165, 1.54) is 6.92 Å². The van der Waals surface area contributed by atoms with Gasteiger partial charge in [-0.3, -0.25) is 9.48 Å². The van der Waals surface area contributed by atoms with Crippen LogP contribution >= 0.6 is 0 Å². The van der Waals surface area contributed by atoms with Crippen LogP contribution in [0.25, 0.3) is 0 Å². The van der Waals surface area contributed by atoms with Gasteiger partial charge in [0.25, 0.3) is 0 Å². The molecule has 0 aliphatic carbocycles. The van der Waals surface area contributed by atoms with Crippen molar-refractivity contribution in [3.63, 3.8) is 0 Å². The predicted molar refractivity (Wildman–Crippen MR) is 82.6 cm³/mol. The molecule has 0 spiro atoms. The van der Waals surface area contributed by atoms with Gasteiger partial charge in [-0.2, -0.15) is 5.10 Å². The first kappa shape index (κ1) is 14.9. The number of benzene rings is 1. The minimum Gasteiger partial charge on any atom is -0.495 e. The van der Waals surface area contributed by atoms with Crippen LogP contribution in [-0.4, -0.2) is 22.8 Å². The third kappa shape index (κ3) is 3.75. The summed E-state index contributed by atoms with van der Waals surface area (Å²) in [5.74, 6) is 0.625. The summed E-state index contributed by atoms with van der Waals surface area (Å²) in [4.78, 5) is 11.1. The fourth-order valence-electron chi connectivity index (χ4n) is 2.14. The van der Waals surface area contributed by atoms with Gasteiger partial charge in [0.2, 0.25) is 5.91 Å². The topological polar surface area (TPSA) is 68.2 Å². The number of ether oxygens (including phenoxy) is 1. The maximum absolute atomic E-state index is 11.1. The zero-order valence-corrected chi connectivity index (χ0v) is 12.7. The van der Waals surface area contributed by atoms with Crippen molar-refractivity contribution in [2.75, 3.05) is 17.7 Å². The van der Waals surface area contributed by atoms with Crippen LogP contribution in [0.5, 0.6) is 5.75 Å². The molecule has 0 aliphatic heterocycles. The van der Waals surface area contributed by atoms with Gasteiger partial charge in [0.05, 0.1) is 18.5 Å². The Bertz CT molecular complexity index is 649. The second-order valence-corrected chi connectivity index (χ2v) is 4.86. The van der Waals surface area contributed by atoms with Crippen molar-refractivity contribution in [2.24, 2.45) is 7.05 Å². The lowest BCUT2D eigenvalue weighted by atomic mass is 10.2. The Morgan fingerprint density at radius 3 is 2.76 bits per heavy atom. The molecule has 0 fully saturated rings. The Labute approximate surface area is 124 Å². The molecule has 6 nitrogen and oxygen atoms in total. The molecule has 0 bridgehead atoms. The van der Waals surface area contributed by atoms with Gasteiger partial charge in [-0.1, -0.05) is 0 Å². The molecule has 1 aromatic carbocycles. The molecule has 0 saturated carbocycles. The second kappa shape index (κ2) is 6.30. The molecule has 1 heterocycles. The molecular weight excluding hydrogens is 268 g/mol. The standard InChI is InChI=1S/C15H20N4O2/c1-10-12(9-19(3)18-10)8-16-14-7-13(17-11(2)20)5-6-15(14)21-4/h5-7,9,16H,8H2,1-4H3,(H,17,20). The van der Waals surface area contributed by atoms with Gasteiger partial charge in [0.15, 0.2) is 0 Å². The summed E-state index contributed by atoms with van der Waals surface area (Å²) < 4.78 is 7.12. The Kier molecular flexibility index (Phi) is 4.47. The first-order valence-corrected chi connectivity index (χ1v) is 6.68. The number of aromatic nitrogens is 2. The lowest BCUT2D eigenvalue weighted by Gasteiger charge is -2.13. The fraction of sp³-hybridized carbons (Fsp3) is 0.333. The van der Waals surface area contributed by atoms with Crippen molar-refractivity contribution in [1.82, 2.24) is 9.78 Å². The lowest BCUT2D eigenvalue weighted by Crippen LogP contribution is -2.07. The molecule has 0 atom stereocenters. The minimum atomic E-state index is -0.103. The summed E-state index contributed by atoms with van der Waals surface area (Å²) in [6, 6.07) is 5.48. The van der Waals surface area contributed by atoms with Gasteiger partial charge in [-0.25, -0.2) is 0 Å². The van der Waals surface area contributed by atoms with E-state index in [1.807, 2.05) is 32.3 Å². The molecule has 0 saturated heterocycles. The van der Waals surface area contributed by atoms with Crippen LogP contribution in [-0.2, 0) is 18.4 Å². The van der Waals surface area contributed by atoms with Crippen LogP contribution in [0.4, 0.5) is 11.4 Å². The van der Waals surface area contributed by atoms with Crippen LogP contribution in [0, 0.1) is 6.92 Å². The van der Waals surface area contributed by atoms with Crippen molar-refractivity contribution in [1.29, 1.82) is 0 Å². The van der Waals surface area contributed by atoms with Crippen molar-refractivity contribution in [3.05, 3.63) is 35.7 Å². The highest BCUT2D eigenvalue weighted by atomic mass is 16.5. The molecule has 21 heavy (non-hydrogen) atoms. The second-order valence-electron chi connectivity index (χ2n) is 4.86. The molecule has 6 heteroatoms. The number of anilines is 2. The average molecular weight is 288 g/mol. The van der Waals surface area contributed by atoms with Gasteiger partial charge in [-0.05, 0) is 25.1 Å². The number of carbonyl (C=O) groups excluding carboxylic acids is 1. The zero-order valence-electron chi connectivity index (χ0n) is 12.7. The van der Waals surface area contributed by atoms with Crippen molar-refractivity contribution < 1.29 is 9.53 Å². The molecule has 0 aliphatic rings. The maximum atomic E-state index is 11.1. The third-order valence-corrected chi connectivity index (χ3v) is 3.10. The number of hydrogen-bond donors (Lipinski definition) is 2. The summed E-state index contributed by atoms with van der Waals surface area (Å²) in [5, 5.41) is 10.4. The first-order valence-electron chi connectivity index (χ1n) is 6.68. The predicted octanol–water partition coefficient (Wildman–Crippen LogP) is 2.31. The van der Waals surface area contributed by atoms with E-state index >= 15 is 0 Å². The van der Waals surface area contributed by atoms with E-state index < -0.39 is 0 Å². The van der Waals surface area contributed by atoms with Crippen LogP contribution < -0.4 is 15.4 Å². The van der Waals surface area contributed by atoms with E-state index in [9.17, 15) is 4.79 Å². The lowest BCUT2D eigenvalue weighted by molar-refractivity contribution is -0.114. The van der Waals surface area contributed by atoms with Gasteiger partial charge < -0.3 is 15.4 Å². The Morgan fingerprint density at radius 2 is 2.19 bits per heavy atom. The maximum Gasteiger partial charge on any atom is 0.221 e. The number of amides is 1. The van der Waals surface area contributed by atoms with E-state index in [0.29, 0.717) is 6.54 Å². The van der Waals surface area contributed by atoms with Crippen LogP contribution in [0.1, 0.15) is 18.2 Å². The van der Waals surface area contributed by atoms with Crippen molar-refractivity contribution in [2.45, 2.75) is 20.4 Å².